The van der Waals surface area contributed by atoms with Gasteiger partial charge >= 0.3 is 0 Å². The van der Waals surface area contributed by atoms with E-state index in [9.17, 15) is 8.78 Å². The van der Waals surface area contributed by atoms with Crippen molar-refractivity contribution >= 4 is 0 Å². The van der Waals surface area contributed by atoms with Crippen LogP contribution >= 0.6 is 0 Å². The molecule has 0 aromatic heterocycles. The van der Waals surface area contributed by atoms with Crippen molar-refractivity contribution in [2.75, 3.05) is 13.2 Å². The lowest BCUT2D eigenvalue weighted by molar-refractivity contribution is 0.147. The molecule has 0 aliphatic heterocycles. The highest BCUT2D eigenvalue weighted by Gasteiger charge is 2.25. The number of nitrogens with two attached hydrogens (primary N) is 1. The van der Waals surface area contributed by atoms with Crippen LogP contribution in [0.4, 0.5) is 8.78 Å². The maximum atomic E-state index is 13.3. The topological polar surface area (TPSA) is 46.2 Å². The highest BCUT2D eigenvalue weighted by Crippen LogP contribution is 2.24. The summed E-state index contributed by atoms with van der Waals surface area (Å²) in [7, 11) is 0. The van der Waals surface area contributed by atoms with Gasteiger partial charge in [0, 0.05) is 24.1 Å². The van der Waals surface area contributed by atoms with Gasteiger partial charge in [0.05, 0.1) is 0 Å². The van der Waals surface area contributed by atoms with E-state index < -0.39 is 17.0 Å². The minimum Gasteiger partial charge on any atom is -0.396 e. The molecule has 4 heteroatoms. The molecule has 0 aliphatic carbocycles. The van der Waals surface area contributed by atoms with Crippen LogP contribution in [0, 0.1) is 17.0 Å². The summed E-state index contributed by atoms with van der Waals surface area (Å²) in [4.78, 5) is 0. The number of rotatable bonds is 4. The fourth-order valence-corrected chi connectivity index (χ4v) is 1.32. The van der Waals surface area contributed by atoms with E-state index in [-0.39, 0.29) is 25.1 Å². The fourth-order valence-electron chi connectivity index (χ4n) is 1.32. The molecule has 3 N–H and O–H groups in total. The minimum absolute atomic E-state index is 0.0144. The zero-order valence-electron chi connectivity index (χ0n) is 8.63. The van der Waals surface area contributed by atoms with Gasteiger partial charge in [-0.15, -0.1) is 0 Å². The number of benzene rings is 1. The van der Waals surface area contributed by atoms with Gasteiger partial charge in [-0.25, -0.2) is 8.78 Å². The molecule has 1 aromatic carbocycles. The van der Waals surface area contributed by atoms with Crippen LogP contribution in [0.1, 0.15) is 12.5 Å². The third-order valence-electron chi connectivity index (χ3n) is 2.54. The molecule has 2 nitrogen and oxygen atoms in total. The first-order chi connectivity index (χ1) is 7.02. The Hall–Kier alpha value is -1.00. The van der Waals surface area contributed by atoms with E-state index >= 15 is 0 Å². The van der Waals surface area contributed by atoms with Crippen LogP contribution in [0.15, 0.2) is 18.2 Å². The van der Waals surface area contributed by atoms with Crippen LogP contribution in [0.3, 0.4) is 0 Å². The second-order valence-electron chi connectivity index (χ2n) is 4.05. The Morgan fingerprint density at radius 2 is 1.87 bits per heavy atom. The predicted molar refractivity (Wildman–Crippen MR) is 54.3 cm³/mol. The number of halogens is 2. The van der Waals surface area contributed by atoms with Gasteiger partial charge in [-0.3, -0.25) is 0 Å². The molecule has 1 atom stereocenters. The van der Waals surface area contributed by atoms with Gasteiger partial charge in [0.25, 0.3) is 0 Å². The van der Waals surface area contributed by atoms with Crippen molar-refractivity contribution in [1.82, 2.24) is 0 Å². The van der Waals surface area contributed by atoms with Crippen molar-refractivity contribution in [3.05, 3.63) is 35.4 Å². The smallest absolute Gasteiger partial charge is 0.129 e. The first-order valence-corrected chi connectivity index (χ1v) is 4.76. The Kier molecular flexibility index (Phi) is 3.77. The first-order valence-electron chi connectivity index (χ1n) is 4.76. The monoisotopic (exact) mass is 215 g/mol. The normalized spacial score (nSPS) is 15.0. The summed E-state index contributed by atoms with van der Waals surface area (Å²) < 4.78 is 26.6. The van der Waals surface area contributed by atoms with Crippen molar-refractivity contribution in [3.8, 4) is 0 Å². The highest BCUT2D eigenvalue weighted by molar-refractivity contribution is 5.21. The van der Waals surface area contributed by atoms with Gasteiger partial charge in [0.15, 0.2) is 0 Å². The molecule has 1 aromatic rings. The van der Waals surface area contributed by atoms with Crippen molar-refractivity contribution < 1.29 is 13.9 Å². The molecule has 0 radical (unpaired) electrons. The van der Waals surface area contributed by atoms with Crippen LogP contribution in [-0.4, -0.2) is 18.3 Å². The summed E-state index contributed by atoms with van der Waals surface area (Å²) >= 11 is 0. The second-order valence-corrected chi connectivity index (χ2v) is 4.05. The van der Waals surface area contributed by atoms with Gasteiger partial charge in [-0.05, 0) is 18.6 Å². The average molecular weight is 215 g/mol. The summed E-state index contributed by atoms with van der Waals surface area (Å²) in [6, 6.07) is 3.71. The molecule has 84 valence electrons. The Morgan fingerprint density at radius 1 is 1.33 bits per heavy atom. The Balaban J connectivity index is 2.98. The van der Waals surface area contributed by atoms with Crippen LogP contribution < -0.4 is 5.73 Å². The van der Waals surface area contributed by atoms with E-state index in [0.29, 0.717) is 0 Å². The Morgan fingerprint density at radius 3 is 2.27 bits per heavy atom. The summed E-state index contributed by atoms with van der Waals surface area (Å²) in [5, 5.41) is 9.10. The molecule has 0 amide bonds. The van der Waals surface area contributed by atoms with Gasteiger partial charge in [0.1, 0.15) is 11.6 Å². The lowest BCUT2D eigenvalue weighted by atomic mass is 9.84. The van der Waals surface area contributed by atoms with Crippen molar-refractivity contribution in [1.29, 1.82) is 0 Å². The molecule has 0 spiro atoms. The molecule has 0 heterocycles. The predicted octanol–water partition coefficient (Wildman–Crippen LogP) is 1.46. The van der Waals surface area contributed by atoms with Gasteiger partial charge in [-0.1, -0.05) is 13.0 Å². The standard InChI is InChI=1S/C11H15F2NO/c1-11(6-14,7-15)5-8-9(12)3-2-4-10(8)13/h2-4,15H,5-7,14H2,1H3. The van der Waals surface area contributed by atoms with Crippen LogP contribution in [-0.2, 0) is 6.42 Å². The summed E-state index contributed by atoms with van der Waals surface area (Å²) in [5.74, 6) is -1.19. The SMILES string of the molecule is CC(CN)(CO)Cc1c(F)cccc1F. The lowest BCUT2D eigenvalue weighted by Crippen LogP contribution is -2.33. The van der Waals surface area contributed by atoms with E-state index in [4.69, 9.17) is 10.8 Å². The zero-order valence-corrected chi connectivity index (χ0v) is 8.63. The number of hydrogen-bond acceptors (Lipinski definition) is 2. The maximum absolute atomic E-state index is 13.3. The van der Waals surface area contributed by atoms with E-state index in [0.717, 1.165) is 0 Å². The molecular formula is C11H15F2NO. The molecule has 0 bridgehead atoms. The van der Waals surface area contributed by atoms with Crippen molar-refractivity contribution in [2.45, 2.75) is 13.3 Å². The molecule has 0 saturated carbocycles. The molecule has 15 heavy (non-hydrogen) atoms. The number of aliphatic hydroxyl groups excluding tert-OH is 1. The van der Waals surface area contributed by atoms with Crippen molar-refractivity contribution in [2.24, 2.45) is 11.1 Å². The lowest BCUT2D eigenvalue weighted by Gasteiger charge is -2.25. The molecular weight excluding hydrogens is 200 g/mol. The van der Waals surface area contributed by atoms with Gasteiger partial charge in [-0.2, -0.15) is 0 Å². The number of hydrogen-bond donors (Lipinski definition) is 2. The zero-order chi connectivity index (χ0) is 11.5. The average Bonchev–Trinajstić information content (AvgIpc) is 2.23. The minimum atomic E-state index is -0.678. The highest BCUT2D eigenvalue weighted by atomic mass is 19.1. The van der Waals surface area contributed by atoms with Crippen molar-refractivity contribution in [3.63, 3.8) is 0 Å². The summed E-state index contributed by atoms with van der Waals surface area (Å²) in [6.07, 6.45) is 0.0957. The van der Waals surface area contributed by atoms with Crippen LogP contribution in [0.5, 0.6) is 0 Å². The fraction of sp³-hybridized carbons (Fsp3) is 0.455. The van der Waals surface area contributed by atoms with E-state index in [1.165, 1.54) is 18.2 Å². The molecule has 1 unspecified atom stereocenters. The second kappa shape index (κ2) is 4.68. The Labute approximate surface area is 87.7 Å². The van der Waals surface area contributed by atoms with E-state index in [1.54, 1.807) is 6.92 Å². The van der Waals surface area contributed by atoms with E-state index in [1.807, 2.05) is 0 Å². The summed E-state index contributed by atoms with van der Waals surface area (Å²) in [6.45, 7) is 1.67. The van der Waals surface area contributed by atoms with E-state index in [2.05, 4.69) is 0 Å². The quantitative estimate of drug-likeness (QED) is 0.798. The van der Waals surface area contributed by atoms with Crippen LogP contribution in [0.25, 0.3) is 0 Å². The van der Waals surface area contributed by atoms with Crippen LogP contribution in [0.2, 0.25) is 0 Å². The maximum Gasteiger partial charge on any atom is 0.129 e. The Bertz CT molecular complexity index is 317. The summed E-state index contributed by atoms with van der Waals surface area (Å²) in [5.41, 5.74) is 4.77. The molecule has 0 aliphatic rings. The molecule has 1 rings (SSSR count). The third kappa shape index (κ3) is 2.73. The number of aliphatic hydroxyl groups is 1. The molecule has 0 fully saturated rings. The largest absolute Gasteiger partial charge is 0.396 e. The van der Waals surface area contributed by atoms with Gasteiger partial charge in [0.2, 0.25) is 0 Å². The van der Waals surface area contributed by atoms with Gasteiger partial charge < -0.3 is 10.8 Å². The first kappa shape index (κ1) is 12.1. The third-order valence-corrected chi connectivity index (χ3v) is 2.54. The molecule has 0 saturated heterocycles.